The van der Waals surface area contributed by atoms with Crippen LogP contribution in [-0.2, 0) is 4.74 Å². The highest BCUT2D eigenvalue weighted by atomic mass is 16.5. The van der Waals surface area contributed by atoms with Crippen molar-refractivity contribution in [3.05, 3.63) is 18.1 Å². The lowest BCUT2D eigenvalue weighted by molar-refractivity contribution is 0.0829. The van der Waals surface area contributed by atoms with Crippen molar-refractivity contribution in [1.82, 2.24) is 15.3 Å². The van der Waals surface area contributed by atoms with E-state index in [1.807, 2.05) is 0 Å². The molecule has 5 nitrogen and oxygen atoms in total. The minimum absolute atomic E-state index is 0.236. The summed E-state index contributed by atoms with van der Waals surface area (Å²) in [6.07, 6.45) is 6.77. The SMILES string of the molecule is c1cnc(C2CCOCC2)c(OC2CCNC2)n1. The van der Waals surface area contributed by atoms with Crippen LogP contribution in [0.5, 0.6) is 5.88 Å². The van der Waals surface area contributed by atoms with E-state index in [0.29, 0.717) is 5.92 Å². The number of ether oxygens (including phenoxy) is 2. The lowest BCUT2D eigenvalue weighted by atomic mass is 9.96. The van der Waals surface area contributed by atoms with Crippen LogP contribution in [0.4, 0.5) is 0 Å². The lowest BCUT2D eigenvalue weighted by Gasteiger charge is -2.23. The predicted molar refractivity (Wildman–Crippen MR) is 66.7 cm³/mol. The Balaban J connectivity index is 1.75. The largest absolute Gasteiger partial charge is 0.472 e. The lowest BCUT2D eigenvalue weighted by Crippen LogP contribution is -2.22. The average molecular weight is 249 g/mol. The Hall–Kier alpha value is -1.20. The van der Waals surface area contributed by atoms with Crippen molar-refractivity contribution in [2.24, 2.45) is 0 Å². The van der Waals surface area contributed by atoms with E-state index < -0.39 is 0 Å². The van der Waals surface area contributed by atoms with Crippen molar-refractivity contribution in [2.45, 2.75) is 31.3 Å². The van der Waals surface area contributed by atoms with Gasteiger partial charge < -0.3 is 14.8 Å². The highest BCUT2D eigenvalue weighted by Gasteiger charge is 2.24. The Morgan fingerprint density at radius 2 is 2.00 bits per heavy atom. The van der Waals surface area contributed by atoms with Crippen LogP contribution in [0.15, 0.2) is 12.4 Å². The molecule has 1 N–H and O–H groups in total. The maximum absolute atomic E-state index is 5.98. The van der Waals surface area contributed by atoms with Gasteiger partial charge in [0.25, 0.3) is 0 Å². The van der Waals surface area contributed by atoms with Crippen molar-refractivity contribution in [1.29, 1.82) is 0 Å². The van der Waals surface area contributed by atoms with Crippen molar-refractivity contribution in [2.75, 3.05) is 26.3 Å². The number of nitrogens with zero attached hydrogens (tertiary/aromatic N) is 2. The maximum Gasteiger partial charge on any atom is 0.236 e. The molecule has 0 radical (unpaired) electrons. The fourth-order valence-electron chi connectivity index (χ4n) is 2.56. The van der Waals surface area contributed by atoms with E-state index in [0.717, 1.165) is 57.1 Å². The van der Waals surface area contributed by atoms with Crippen molar-refractivity contribution >= 4 is 0 Å². The van der Waals surface area contributed by atoms with E-state index in [9.17, 15) is 0 Å². The molecule has 2 aliphatic heterocycles. The first-order valence-electron chi connectivity index (χ1n) is 6.69. The number of aromatic nitrogens is 2. The van der Waals surface area contributed by atoms with Gasteiger partial charge in [0, 0.05) is 38.1 Å². The van der Waals surface area contributed by atoms with E-state index in [1.165, 1.54) is 0 Å². The second-order valence-electron chi connectivity index (χ2n) is 4.87. The third-order valence-corrected chi connectivity index (χ3v) is 3.59. The summed E-state index contributed by atoms with van der Waals surface area (Å²) >= 11 is 0. The van der Waals surface area contributed by atoms with Gasteiger partial charge in [-0.1, -0.05) is 0 Å². The van der Waals surface area contributed by atoms with Gasteiger partial charge in [0.2, 0.25) is 5.88 Å². The molecule has 0 aromatic carbocycles. The van der Waals surface area contributed by atoms with Gasteiger partial charge in [0.15, 0.2) is 0 Å². The molecule has 5 heteroatoms. The number of rotatable bonds is 3. The molecule has 18 heavy (non-hydrogen) atoms. The zero-order valence-electron chi connectivity index (χ0n) is 10.5. The van der Waals surface area contributed by atoms with Gasteiger partial charge in [0.1, 0.15) is 11.8 Å². The van der Waals surface area contributed by atoms with Crippen LogP contribution in [0.3, 0.4) is 0 Å². The fraction of sp³-hybridized carbons (Fsp3) is 0.692. The van der Waals surface area contributed by atoms with E-state index in [4.69, 9.17) is 9.47 Å². The molecule has 98 valence electrons. The van der Waals surface area contributed by atoms with Gasteiger partial charge in [-0.25, -0.2) is 4.98 Å². The van der Waals surface area contributed by atoms with Crippen molar-refractivity contribution in [3.63, 3.8) is 0 Å². The summed E-state index contributed by atoms with van der Waals surface area (Å²) in [6, 6.07) is 0. The first-order chi connectivity index (χ1) is 8.93. The summed E-state index contributed by atoms with van der Waals surface area (Å²) in [5.74, 6) is 1.15. The standard InChI is InChI=1S/C13H19N3O2/c1-4-14-9-11(1)18-13-12(15-5-6-16-13)10-2-7-17-8-3-10/h5-6,10-11,14H,1-4,7-9H2. The number of hydrogen-bond acceptors (Lipinski definition) is 5. The third-order valence-electron chi connectivity index (χ3n) is 3.59. The third kappa shape index (κ3) is 2.62. The topological polar surface area (TPSA) is 56.3 Å². The molecule has 1 unspecified atom stereocenters. The quantitative estimate of drug-likeness (QED) is 0.869. The first kappa shape index (κ1) is 11.9. The summed E-state index contributed by atoms with van der Waals surface area (Å²) in [7, 11) is 0. The number of nitrogens with one attached hydrogen (secondary N) is 1. The van der Waals surface area contributed by atoms with Gasteiger partial charge in [-0.15, -0.1) is 0 Å². The average Bonchev–Trinajstić information content (AvgIpc) is 2.93. The summed E-state index contributed by atoms with van der Waals surface area (Å²) < 4.78 is 11.4. The van der Waals surface area contributed by atoms with Crippen LogP contribution in [0.1, 0.15) is 30.9 Å². The minimum atomic E-state index is 0.236. The molecule has 2 saturated heterocycles. The normalized spacial score (nSPS) is 25.2. The smallest absolute Gasteiger partial charge is 0.236 e. The minimum Gasteiger partial charge on any atom is -0.472 e. The molecule has 0 saturated carbocycles. The van der Waals surface area contributed by atoms with Gasteiger partial charge in [-0.05, 0) is 25.8 Å². The molecule has 0 amide bonds. The molecule has 1 aromatic rings. The molecule has 2 aliphatic rings. The molecule has 2 fully saturated rings. The predicted octanol–water partition coefficient (Wildman–Crippen LogP) is 1.11. The molecule has 0 aliphatic carbocycles. The van der Waals surface area contributed by atoms with E-state index >= 15 is 0 Å². The van der Waals surface area contributed by atoms with Crippen LogP contribution < -0.4 is 10.1 Å². The van der Waals surface area contributed by atoms with Crippen LogP contribution >= 0.6 is 0 Å². The molecule has 0 spiro atoms. The summed E-state index contributed by atoms with van der Waals surface area (Å²) in [5.41, 5.74) is 1.01. The zero-order chi connectivity index (χ0) is 12.2. The van der Waals surface area contributed by atoms with Gasteiger partial charge in [0.05, 0.1) is 0 Å². The highest BCUT2D eigenvalue weighted by Crippen LogP contribution is 2.31. The first-order valence-corrected chi connectivity index (χ1v) is 6.69. The monoisotopic (exact) mass is 249 g/mol. The Morgan fingerprint density at radius 1 is 1.17 bits per heavy atom. The Kier molecular flexibility index (Phi) is 3.71. The van der Waals surface area contributed by atoms with Gasteiger partial charge >= 0.3 is 0 Å². The van der Waals surface area contributed by atoms with E-state index in [-0.39, 0.29) is 6.10 Å². The van der Waals surface area contributed by atoms with E-state index in [2.05, 4.69) is 15.3 Å². The molecule has 3 heterocycles. The van der Waals surface area contributed by atoms with Crippen LogP contribution in [0.2, 0.25) is 0 Å². The van der Waals surface area contributed by atoms with Crippen LogP contribution in [-0.4, -0.2) is 42.4 Å². The van der Waals surface area contributed by atoms with E-state index in [1.54, 1.807) is 12.4 Å². The molecule has 1 atom stereocenters. The summed E-state index contributed by atoms with van der Waals surface area (Å²) in [4.78, 5) is 8.85. The summed E-state index contributed by atoms with van der Waals surface area (Å²) in [5, 5.41) is 3.30. The molecule has 1 aromatic heterocycles. The van der Waals surface area contributed by atoms with Crippen molar-refractivity contribution in [3.8, 4) is 5.88 Å². The Morgan fingerprint density at radius 3 is 2.78 bits per heavy atom. The second-order valence-corrected chi connectivity index (χ2v) is 4.87. The fourth-order valence-corrected chi connectivity index (χ4v) is 2.56. The molecule has 3 rings (SSSR count). The zero-order valence-corrected chi connectivity index (χ0v) is 10.5. The Labute approximate surface area is 107 Å². The summed E-state index contributed by atoms with van der Waals surface area (Å²) in [6.45, 7) is 3.55. The Bertz CT molecular complexity index is 388. The van der Waals surface area contributed by atoms with Crippen molar-refractivity contribution < 1.29 is 9.47 Å². The van der Waals surface area contributed by atoms with Crippen LogP contribution in [0, 0.1) is 0 Å². The molecular weight excluding hydrogens is 230 g/mol. The number of hydrogen-bond donors (Lipinski definition) is 1. The highest BCUT2D eigenvalue weighted by molar-refractivity contribution is 5.22. The van der Waals surface area contributed by atoms with Gasteiger partial charge in [-0.2, -0.15) is 0 Å². The maximum atomic E-state index is 5.98. The molecular formula is C13H19N3O2. The van der Waals surface area contributed by atoms with Gasteiger partial charge in [-0.3, -0.25) is 4.98 Å². The second kappa shape index (κ2) is 5.63. The molecule has 0 bridgehead atoms. The van der Waals surface area contributed by atoms with Crippen LogP contribution in [0.25, 0.3) is 0 Å².